The predicted molar refractivity (Wildman–Crippen MR) is 112 cm³/mol. The van der Waals surface area contributed by atoms with Gasteiger partial charge in [-0.25, -0.2) is 9.97 Å². The number of ketones is 1. The van der Waals surface area contributed by atoms with E-state index in [2.05, 4.69) is 29.8 Å². The molecule has 28 heavy (non-hydrogen) atoms. The van der Waals surface area contributed by atoms with E-state index in [1.807, 2.05) is 20.0 Å². The van der Waals surface area contributed by atoms with Crippen molar-refractivity contribution in [2.45, 2.75) is 90.5 Å². The Morgan fingerprint density at radius 1 is 1.18 bits per heavy atom. The number of hydrogen-bond donors (Lipinski definition) is 0. The average Bonchev–Trinajstić information content (AvgIpc) is 2.65. The number of likely N-dealkylation sites (tertiary alicyclic amines) is 1. The summed E-state index contributed by atoms with van der Waals surface area (Å²) in [5.41, 5.74) is 1.78. The molecule has 0 bridgehead atoms. The first-order chi connectivity index (χ1) is 13.4. The summed E-state index contributed by atoms with van der Waals surface area (Å²) in [6.45, 7) is 10.9. The lowest BCUT2D eigenvalue weighted by atomic mass is 9.48. The summed E-state index contributed by atoms with van der Waals surface area (Å²) in [6.07, 6.45) is 10.5. The van der Waals surface area contributed by atoms with Gasteiger partial charge < -0.3 is 4.90 Å². The van der Waals surface area contributed by atoms with E-state index >= 15 is 0 Å². The maximum Gasteiger partial charge on any atom is 0.138 e. The van der Waals surface area contributed by atoms with Crippen molar-refractivity contribution in [3.05, 3.63) is 23.8 Å². The molecule has 0 N–H and O–H groups in total. The molecular formula is C24H37N3O. The predicted octanol–water partition coefficient (Wildman–Crippen LogP) is 4.95. The summed E-state index contributed by atoms with van der Waals surface area (Å²) < 4.78 is 0. The Balaban J connectivity index is 1.25. The Morgan fingerprint density at radius 2 is 1.86 bits per heavy atom. The van der Waals surface area contributed by atoms with Crippen LogP contribution in [0.2, 0.25) is 0 Å². The van der Waals surface area contributed by atoms with Gasteiger partial charge in [-0.3, -0.25) is 4.79 Å². The maximum atomic E-state index is 12.2. The van der Waals surface area contributed by atoms with Gasteiger partial charge in [-0.05, 0) is 69.5 Å². The zero-order valence-electron chi connectivity index (χ0n) is 18.2. The fourth-order valence-corrected chi connectivity index (χ4v) is 5.79. The Morgan fingerprint density at radius 3 is 2.46 bits per heavy atom. The summed E-state index contributed by atoms with van der Waals surface area (Å²) >= 11 is 0. The molecule has 3 aliphatic rings. The fraction of sp³-hybridized carbons (Fsp3) is 0.792. The van der Waals surface area contributed by atoms with Gasteiger partial charge in [0.2, 0.25) is 0 Å². The monoisotopic (exact) mass is 383 g/mol. The van der Waals surface area contributed by atoms with Crippen molar-refractivity contribution < 1.29 is 4.79 Å². The highest BCUT2D eigenvalue weighted by atomic mass is 16.1. The number of piperidine rings is 1. The number of carbonyl (C=O) groups is 1. The van der Waals surface area contributed by atoms with Crippen LogP contribution >= 0.6 is 0 Å². The molecule has 1 saturated heterocycles. The van der Waals surface area contributed by atoms with E-state index in [1.54, 1.807) is 0 Å². The van der Waals surface area contributed by atoms with E-state index in [1.165, 1.54) is 44.5 Å². The molecule has 2 aliphatic carbocycles. The standard InChI is InChI=1S/C24H37N3O/c1-5-17(4)23-25-9-6-21(26-23)18-7-10-27(11-8-18)20-14-24(15-20)12-19(13-24)22(28)16(2)3/h6,9,16-20H,5,7-8,10-15H2,1-4H3/t17?,19-,20-,24?. The van der Waals surface area contributed by atoms with E-state index in [0.717, 1.165) is 31.1 Å². The van der Waals surface area contributed by atoms with Crippen molar-refractivity contribution in [3.63, 3.8) is 0 Å². The molecule has 1 unspecified atom stereocenters. The number of rotatable bonds is 6. The second kappa shape index (κ2) is 7.85. The van der Waals surface area contributed by atoms with Gasteiger partial charge in [-0.1, -0.05) is 27.7 Å². The third-order valence-corrected chi connectivity index (χ3v) is 7.88. The van der Waals surface area contributed by atoms with Crippen LogP contribution in [-0.2, 0) is 4.79 Å². The molecule has 0 radical (unpaired) electrons. The van der Waals surface area contributed by atoms with Crippen molar-refractivity contribution in [2.24, 2.45) is 17.3 Å². The third-order valence-electron chi connectivity index (χ3n) is 7.88. The summed E-state index contributed by atoms with van der Waals surface area (Å²) in [7, 11) is 0. The van der Waals surface area contributed by atoms with Gasteiger partial charge >= 0.3 is 0 Å². The van der Waals surface area contributed by atoms with E-state index in [0.29, 0.717) is 29.0 Å². The molecule has 3 fully saturated rings. The summed E-state index contributed by atoms with van der Waals surface area (Å²) in [5.74, 6) is 3.12. The maximum absolute atomic E-state index is 12.2. The lowest BCUT2D eigenvalue weighted by molar-refractivity contribution is -0.144. The molecule has 0 amide bonds. The zero-order chi connectivity index (χ0) is 19.9. The molecule has 4 nitrogen and oxygen atoms in total. The van der Waals surface area contributed by atoms with Crippen LogP contribution in [0.25, 0.3) is 0 Å². The van der Waals surface area contributed by atoms with Crippen LogP contribution in [0.1, 0.15) is 96.0 Å². The lowest BCUT2D eigenvalue weighted by Gasteiger charge is -2.60. The van der Waals surface area contributed by atoms with Gasteiger partial charge in [0.1, 0.15) is 11.6 Å². The minimum absolute atomic E-state index is 0.208. The highest BCUT2D eigenvalue weighted by Gasteiger charge is 2.55. The fourth-order valence-electron chi connectivity index (χ4n) is 5.79. The molecule has 0 aromatic carbocycles. The van der Waals surface area contributed by atoms with E-state index in [-0.39, 0.29) is 5.92 Å². The van der Waals surface area contributed by atoms with Crippen LogP contribution in [0.4, 0.5) is 0 Å². The summed E-state index contributed by atoms with van der Waals surface area (Å²) in [5, 5.41) is 0. The van der Waals surface area contributed by atoms with Crippen molar-refractivity contribution in [2.75, 3.05) is 13.1 Å². The van der Waals surface area contributed by atoms with Gasteiger partial charge in [0.25, 0.3) is 0 Å². The van der Waals surface area contributed by atoms with Gasteiger partial charge in [-0.2, -0.15) is 0 Å². The van der Waals surface area contributed by atoms with Crippen molar-refractivity contribution in [3.8, 4) is 0 Å². The second-order valence-corrected chi connectivity index (χ2v) is 10.2. The molecule has 1 aliphatic heterocycles. The molecule has 1 atom stereocenters. The van der Waals surface area contributed by atoms with Crippen molar-refractivity contribution in [1.29, 1.82) is 0 Å². The van der Waals surface area contributed by atoms with Crippen LogP contribution in [0, 0.1) is 17.3 Å². The van der Waals surface area contributed by atoms with Crippen molar-refractivity contribution in [1.82, 2.24) is 14.9 Å². The summed E-state index contributed by atoms with van der Waals surface area (Å²) in [4.78, 5) is 24.3. The number of nitrogens with zero attached hydrogens (tertiary/aromatic N) is 3. The quantitative estimate of drug-likeness (QED) is 0.697. The van der Waals surface area contributed by atoms with Crippen LogP contribution in [0.5, 0.6) is 0 Å². The first-order valence-corrected chi connectivity index (χ1v) is 11.5. The molecule has 1 aromatic heterocycles. The van der Waals surface area contributed by atoms with Crippen LogP contribution in [0.3, 0.4) is 0 Å². The molecule has 4 heteroatoms. The Hall–Kier alpha value is -1.29. The minimum Gasteiger partial charge on any atom is -0.300 e. The summed E-state index contributed by atoms with van der Waals surface area (Å²) in [6, 6.07) is 2.89. The highest BCUT2D eigenvalue weighted by molar-refractivity contribution is 5.83. The molecular weight excluding hydrogens is 346 g/mol. The topological polar surface area (TPSA) is 46.1 Å². The SMILES string of the molecule is CCC(C)c1nccc(C2CCN([C@H]3CC4(C[C@H](C(=O)C(C)C)C4)C3)CC2)n1. The lowest BCUT2D eigenvalue weighted by Crippen LogP contribution is -2.58. The number of Topliss-reactive ketones (excluding diaryl/α,β-unsaturated/α-hetero) is 1. The minimum atomic E-state index is 0.208. The number of hydrogen-bond acceptors (Lipinski definition) is 4. The number of carbonyl (C=O) groups excluding carboxylic acids is 1. The van der Waals surface area contributed by atoms with Gasteiger partial charge in [0.05, 0.1) is 0 Å². The first kappa shape index (κ1) is 20.0. The largest absolute Gasteiger partial charge is 0.300 e. The zero-order valence-corrected chi connectivity index (χ0v) is 18.2. The smallest absolute Gasteiger partial charge is 0.138 e. The van der Waals surface area contributed by atoms with Crippen LogP contribution in [0.15, 0.2) is 12.3 Å². The molecule has 2 heterocycles. The average molecular weight is 384 g/mol. The number of aromatic nitrogens is 2. The first-order valence-electron chi connectivity index (χ1n) is 11.5. The molecule has 1 spiro atoms. The highest BCUT2D eigenvalue weighted by Crippen LogP contribution is 2.60. The molecule has 4 rings (SSSR count). The van der Waals surface area contributed by atoms with Gasteiger partial charge in [0.15, 0.2) is 0 Å². The molecule has 1 aromatic rings. The van der Waals surface area contributed by atoms with Crippen molar-refractivity contribution >= 4 is 5.78 Å². The van der Waals surface area contributed by atoms with E-state index < -0.39 is 0 Å². The van der Waals surface area contributed by atoms with Gasteiger partial charge in [-0.15, -0.1) is 0 Å². The van der Waals surface area contributed by atoms with E-state index in [4.69, 9.17) is 4.98 Å². The van der Waals surface area contributed by atoms with E-state index in [9.17, 15) is 4.79 Å². The van der Waals surface area contributed by atoms with Crippen LogP contribution in [-0.4, -0.2) is 39.8 Å². The molecule has 2 saturated carbocycles. The van der Waals surface area contributed by atoms with Crippen LogP contribution < -0.4 is 0 Å². The Labute approximate surface area is 170 Å². The Bertz CT molecular complexity index is 694. The Kier molecular flexibility index (Phi) is 5.61. The third kappa shape index (κ3) is 3.77. The normalized spacial score (nSPS) is 32.2. The second-order valence-electron chi connectivity index (χ2n) is 10.2. The molecule has 154 valence electrons. The van der Waals surface area contributed by atoms with Gasteiger partial charge in [0, 0.05) is 41.6 Å².